The number of alkyl halides is 3. The van der Waals surface area contributed by atoms with Crippen LogP contribution in [-0.2, 0) is 19.3 Å². The van der Waals surface area contributed by atoms with Gasteiger partial charge in [-0.1, -0.05) is 60.7 Å². The van der Waals surface area contributed by atoms with E-state index in [9.17, 15) is 18.0 Å². The number of benzene rings is 3. The van der Waals surface area contributed by atoms with Crippen molar-refractivity contribution >= 4 is 10.9 Å². The molecule has 0 amide bonds. The second-order valence-electron chi connectivity index (χ2n) is 8.66. The Bertz CT molecular complexity index is 1340. The Morgan fingerprint density at radius 2 is 1.60 bits per heavy atom. The number of nitrogens with one attached hydrogen (secondary N) is 1. The first-order valence-electron chi connectivity index (χ1n) is 11.4. The van der Waals surface area contributed by atoms with Gasteiger partial charge in [-0.3, -0.25) is 9.36 Å². The summed E-state index contributed by atoms with van der Waals surface area (Å²) in [6.07, 6.45) is -4.53. The molecule has 1 heterocycles. The molecule has 0 spiro atoms. The van der Waals surface area contributed by atoms with Gasteiger partial charge in [0, 0.05) is 25.0 Å². The summed E-state index contributed by atoms with van der Waals surface area (Å²) in [5, 5.41) is 3.50. The molecular formula is C27H27F3N4O. The normalized spacial score (nSPS) is 13.6. The summed E-state index contributed by atoms with van der Waals surface area (Å²) in [7, 11) is 0. The standard InChI is InChI=1S/C27H27F3N4O/c1-18(31)23(16-32-15-19-8-4-2-5-9-19)25-33-24-14-21(27(28,29)30)12-13-22(24)26(35)34(25)17-20-10-6-3-7-11-20/h2-14,18,23,32H,15-17,31H2,1H3. The minimum Gasteiger partial charge on any atom is -0.327 e. The molecule has 1 aromatic heterocycles. The Balaban J connectivity index is 1.78. The highest BCUT2D eigenvalue weighted by molar-refractivity contribution is 5.78. The molecule has 4 rings (SSSR count). The topological polar surface area (TPSA) is 72.9 Å². The number of nitrogens with zero attached hydrogens (tertiary/aromatic N) is 2. The summed E-state index contributed by atoms with van der Waals surface area (Å²) < 4.78 is 41.6. The van der Waals surface area contributed by atoms with Crippen molar-refractivity contribution in [2.45, 2.75) is 38.1 Å². The molecule has 4 aromatic rings. The Morgan fingerprint density at radius 1 is 0.971 bits per heavy atom. The molecule has 0 aliphatic carbocycles. The van der Waals surface area contributed by atoms with Gasteiger partial charge in [0.15, 0.2) is 0 Å². The van der Waals surface area contributed by atoms with Crippen LogP contribution >= 0.6 is 0 Å². The van der Waals surface area contributed by atoms with E-state index in [1.807, 2.05) is 67.6 Å². The van der Waals surface area contributed by atoms with E-state index >= 15 is 0 Å². The van der Waals surface area contributed by atoms with E-state index in [0.717, 1.165) is 23.3 Å². The van der Waals surface area contributed by atoms with Crippen LogP contribution < -0.4 is 16.6 Å². The number of nitrogens with two attached hydrogens (primary N) is 1. The van der Waals surface area contributed by atoms with Crippen molar-refractivity contribution in [3.8, 4) is 0 Å². The van der Waals surface area contributed by atoms with Crippen molar-refractivity contribution in [1.29, 1.82) is 0 Å². The number of aromatic nitrogens is 2. The van der Waals surface area contributed by atoms with Gasteiger partial charge in [-0.25, -0.2) is 4.98 Å². The SMILES string of the molecule is CC(N)C(CNCc1ccccc1)c1nc2cc(C(F)(F)F)ccc2c(=O)n1Cc1ccccc1. The largest absolute Gasteiger partial charge is 0.416 e. The lowest BCUT2D eigenvalue weighted by molar-refractivity contribution is -0.137. The molecule has 3 N–H and O–H groups in total. The lowest BCUT2D eigenvalue weighted by Crippen LogP contribution is -2.38. The smallest absolute Gasteiger partial charge is 0.327 e. The molecule has 2 unspecified atom stereocenters. The second kappa shape index (κ2) is 10.4. The maximum Gasteiger partial charge on any atom is 0.416 e. The highest BCUT2D eigenvalue weighted by Gasteiger charge is 2.31. The van der Waals surface area contributed by atoms with Crippen molar-refractivity contribution in [3.05, 3.63) is 112 Å². The Kier molecular flexibility index (Phi) is 7.33. The molecular weight excluding hydrogens is 453 g/mol. The molecule has 0 bridgehead atoms. The number of halogens is 3. The minimum absolute atomic E-state index is 0.0119. The second-order valence-corrected chi connectivity index (χ2v) is 8.66. The van der Waals surface area contributed by atoms with Gasteiger partial charge in [-0.15, -0.1) is 0 Å². The highest BCUT2D eigenvalue weighted by Crippen LogP contribution is 2.31. The van der Waals surface area contributed by atoms with Crippen LogP contribution in [0.15, 0.2) is 83.7 Å². The third-order valence-corrected chi connectivity index (χ3v) is 6.00. The van der Waals surface area contributed by atoms with E-state index in [2.05, 4.69) is 10.3 Å². The molecule has 2 atom stereocenters. The molecule has 5 nitrogen and oxygen atoms in total. The molecule has 8 heteroatoms. The zero-order valence-corrected chi connectivity index (χ0v) is 19.3. The van der Waals surface area contributed by atoms with E-state index in [0.29, 0.717) is 18.9 Å². The monoisotopic (exact) mass is 480 g/mol. The predicted octanol–water partition coefficient (Wildman–Crippen LogP) is 4.68. The summed E-state index contributed by atoms with van der Waals surface area (Å²) in [5.41, 5.74) is 7.07. The highest BCUT2D eigenvalue weighted by atomic mass is 19.4. The summed E-state index contributed by atoms with van der Waals surface area (Å²) >= 11 is 0. The van der Waals surface area contributed by atoms with E-state index < -0.39 is 29.3 Å². The third-order valence-electron chi connectivity index (χ3n) is 6.00. The summed E-state index contributed by atoms with van der Waals surface area (Å²) in [5.74, 6) is -0.0460. The van der Waals surface area contributed by atoms with Gasteiger partial charge in [0.2, 0.25) is 0 Å². The van der Waals surface area contributed by atoms with Gasteiger partial charge >= 0.3 is 6.18 Å². The summed E-state index contributed by atoms with van der Waals surface area (Å²) in [6.45, 7) is 3.03. The van der Waals surface area contributed by atoms with E-state index in [1.165, 1.54) is 10.6 Å². The van der Waals surface area contributed by atoms with Crippen LogP contribution in [-0.4, -0.2) is 22.1 Å². The van der Waals surface area contributed by atoms with Crippen LogP contribution in [0.5, 0.6) is 0 Å². The van der Waals surface area contributed by atoms with Gasteiger partial charge in [0.1, 0.15) is 5.82 Å². The van der Waals surface area contributed by atoms with E-state index in [1.54, 1.807) is 0 Å². The summed E-state index contributed by atoms with van der Waals surface area (Å²) in [6, 6.07) is 21.9. The van der Waals surface area contributed by atoms with Crippen LogP contribution in [0.1, 0.15) is 35.4 Å². The van der Waals surface area contributed by atoms with Gasteiger partial charge in [-0.05, 0) is 36.2 Å². The van der Waals surface area contributed by atoms with Gasteiger partial charge in [0.05, 0.1) is 23.0 Å². The first-order valence-corrected chi connectivity index (χ1v) is 11.4. The maximum absolute atomic E-state index is 13.5. The van der Waals surface area contributed by atoms with E-state index in [4.69, 9.17) is 5.73 Å². The van der Waals surface area contributed by atoms with Crippen LogP contribution in [0, 0.1) is 0 Å². The lowest BCUT2D eigenvalue weighted by Gasteiger charge is -2.25. The Hall–Kier alpha value is -3.49. The van der Waals surface area contributed by atoms with Crippen molar-refractivity contribution in [3.63, 3.8) is 0 Å². The van der Waals surface area contributed by atoms with E-state index in [-0.39, 0.29) is 17.4 Å². The van der Waals surface area contributed by atoms with Crippen molar-refractivity contribution in [1.82, 2.24) is 14.9 Å². The van der Waals surface area contributed by atoms with Crippen molar-refractivity contribution < 1.29 is 13.2 Å². The predicted molar refractivity (Wildman–Crippen MR) is 131 cm³/mol. The maximum atomic E-state index is 13.5. The third kappa shape index (κ3) is 5.78. The first-order chi connectivity index (χ1) is 16.7. The first kappa shape index (κ1) is 24.6. The van der Waals surface area contributed by atoms with Gasteiger partial charge in [-0.2, -0.15) is 13.2 Å². The summed E-state index contributed by atoms with van der Waals surface area (Å²) in [4.78, 5) is 18.1. The molecule has 182 valence electrons. The fraction of sp³-hybridized carbons (Fsp3) is 0.259. The molecule has 3 aromatic carbocycles. The molecule has 0 fully saturated rings. The molecule has 0 saturated carbocycles. The fourth-order valence-electron chi connectivity index (χ4n) is 4.10. The Morgan fingerprint density at radius 3 is 2.20 bits per heavy atom. The Labute approximate surface area is 201 Å². The average molecular weight is 481 g/mol. The van der Waals surface area contributed by atoms with Gasteiger partial charge in [0.25, 0.3) is 5.56 Å². The zero-order valence-electron chi connectivity index (χ0n) is 19.3. The van der Waals surface area contributed by atoms with Crippen LogP contribution in [0.4, 0.5) is 13.2 Å². The quantitative estimate of drug-likeness (QED) is 0.384. The van der Waals surface area contributed by atoms with Crippen molar-refractivity contribution in [2.75, 3.05) is 6.54 Å². The van der Waals surface area contributed by atoms with Crippen LogP contribution in [0.2, 0.25) is 0 Å². The van der Waals surface area contributed by atoms with Crippen molar-refractivity contribution in [2.24, 2.45) is 5.73 Å². The molecule has 0 radical (unpaired) electrons. The molecule has 0 aliphatic heterocycles. The number of hydrogen-bond acceptors (Lipinski definition) is 4. The minimum atomic E-state index is -4.53. The molecule has 0 saturated heterocycles. The van der Waals surface area contributed by atoms with Gasteiger partial charge < -0.3 is 11.1 Å². The fourth-order valence-corrected chi connectivity index (χ4v) is 4.10. The number of fused-ring (bicyclic) bond motifs is 1. The molecule has 0 aliphatic rings. The number of rotatable bonds is 8. The molecule has 35 heavy (non-hydrogen) atoms. The zero-order chi connectivity index (χ0) is 25.0. The van der Waals surface area contributed by atoms with Crippen LogP contribution in [0.25, 0.3) is 10.9 Å². The van der Waals surface area contributed by atoms with Crippen LogP contribution in [0.3, 0.4) is 0 Å². The average Bonchev–Trinajstić information content (AvgIpc) is 2.84. The lowest BCUT2D eigenvalue weighted by atomic mass is 9.99. The number of hydrogen-bond donors (Lipinski definition) is 2.